The Labute approximate surface area is 61.4 Å². The molecule has 0 atom stereocenters. The van der Waals surface area contributed by atoms with Crippen LogP contribution in [0.1, 0.15) is 12.8 Å². The number of hydrogen-bond donors (Lipinski definition) is 1. The van der Waals surface area contributed by atoms with E-state index in [1.54, 1.807) is 0 Å². The summed E-state index contributed by atoms with van der Waals surface area (Å²) in [6, 6.07) is 0. The van der Waals surface area contributed by atoms with E-state index in [-0.39, 0.29) is 0 Å². The van der Waals surface area contributed by atoms with Crippen molar-refractivity contribution in [1.29, 1.82) is 0 Å². The van der Waals surface area contributed by atoms with Crippen LogP contribution in [-0.4, -0.2) is 37.5 Å². The fraction of sp³-hybridized carbons (Fsp3) is 0.857. The Balaban J connectivity index is 1.96. The zero-order valence-electron chi connectivity index (χ0n) is 6.18. The van der Waals surface area contributed by atoms with E-state index in [4.69, 9.17) is 0 Å². The summed E-state index contributed by atoms with van der Waals surface area (Å²) in [5.41, 5.74) is 0. The van der Waals surface area contributed by atoms with Crippen molar-refractivity contribution in [3.05, 3.63) is 0 Å². The monoisotopic (exact) mass is 142 g/mol. The maximum absolute atomic E-state index is 9.85. The second kappa shape index (κ2) is 4.28. The third-order valence-corrected chi connectivity index (χ3v) is 1.85. The van der Waals surface area contributed by atoms with Crippen molar-refractivity contribution in [3.63, 3.8) is 0 Å². The van der Waals surface area contributed by atoms with Crippen molar-refractivity contribution >= 4 is 6.41 Å². The number of nitrogens with one attached hydrogen (secondary N) is 1. The molecule has 0 aromatic carbocycles. The van der Waals surface area contributed by atoms with Crippen LogP contribution in [-0.2, 0) is 4.79 Å². The summed E-state index contributed by atoms with van der Waals surface area (Å²) in [6.45, 7) is 4.23. The van der Waals surface area contributed by atoms with Gasteiger partial charge >= 0.3 is 0 Å². The van der Waals surface area contributed by atoms with Crippen LogP contribution in [0.2, 0.25) is 0 Å². The minimum absolute atomic E-state index is 0.760. The van der Waals surface area contributed by atoms with Crippen LogP contribution in [0.5, 0.6) is 0 Å². The van der Waals surface area contributed by atoms with Gasteiger partial charge in [-0.2, -0.15) is 0 Å². The van der Waals surface area contributed by atoms with Gasteiger partial charge < -0.3 is 10.2 Å². The van der Waals surface area contributed by atoms with Gasteiger partial charge in [-0.05, 0) is 25.9 Å². The molecule has 3 nitrogen and oxygen atoms in total. The van der Waals surface area contributed by atoms with Crippen molar-refractivity contribution in [2.24, 2.45) is 0 Å². The van der Waals surface area contributed by atoms with Crippen LogP contribution in [0.15, 0.2) is 0 Å². The Hall–Kier alpha value is -0.570. The van der Waals surface area contributed by atoms with Crippen LogP contribution >= 0.6 is 0 Å². The summed E-state index contributed by atoms with van der Waals surface area (Å²) in [4.78, 5) is 12.2. The molecule has 0 spiro atoms. The van der Waals surface area contributed by atoms with E-state index in [1.807, 2.05) is 0 Å². The van der Waals surface area contributed by atoms with Gasteiger partial charge in [-0.15, -0.1) is 0 Å². The molecule has 1 N–H and O–H groups in total. The van der Waals surface area contributed by atoms with Crippen LogP contribution in [0.3, 0.4) is 0 Å². The summed E-state index contributed by atoms with van der Waals surface area (Å²) >= 11 is 0. The molecule has 0 bridgehead atoms. The zero-order chi connectivity index (χ0) is 7.23. The first-order valence-electron chi connectivity index (χ1n) is 3.83. The van der Waals surface area contributed by atoms with Gasteiger partial charge in [-0.3, -0.25) is 4.79 Å². The van der Waals surface area contributed by atoms with Gasteiger partial charge in [-0.1, -0.05) is 0 Å². The smallest absolute Gasteiger partial charge is 0.207 e. The fourth-order valence-electron chi connectivity index (χ4n) is 1.29. The van der Waals surface area contributed by atoms with Crippen molar-refractivity contribution in [2.45, 2.75) is 12.8 Å². The normalized spacial score (nSPS) is 19.2. The fourth-order valence-corrected chi connectivity index (χ4v) is 1.29. The number of nitrogens with zero attached hydrogens (tertiary/aromatic N) is 1. The van der Waals surface area contributed by atoms with Crippen molar-refractivity contribution < 1.29 is 4.79 Å². The molecular weight excluding hydrogens is 128 g/mol. The number of likely N-dealkylation sites (tertiary alicyclic amines) is 1. The van der Waals surface area contributed by atoms with Crippen LogP contribution in [0.4, 0.5) is 0 Å². The average molecular weight is 142 g/mol. The highest BCUT2D eigenvalue weighted by atomic mass is 16.1. The highest BCUT2D eigenvalue weighted by Crippen LogP contribution is 2.05. The summed E-state index contributed by atoms with van der Waals surface area (Å²) in [5, 5.41) is 2.65. The molecule has 1 amide bonds. The summed E-state index contributed by atoms with van der Waals surface area (Å²) in [5.74, 6) is 0. The van der Waals surface area contributed by atoms with Gasteiger partial charge in [0.1, 0.15) is 0 Å². The largest absolute Gasteiger partial charge is 0.357 e. The molecule has 0 aromatic rings. The van der Waals surface area contributed by atoms with Gasteiger partial charge in [0.05, 0.1) is 0 Å². The predicted molar refractivity (Wildman–Crippen MR) is 39.7 cm³/mol. The van der Waals surface area contributed by atoms with Crippen LogP contribution in [0.25, 0.3) is 0 Å². The molecule has 0 unspecified atom stereocenters. The predicted octanol–water partition coefficient (Wildman–Crippen LogP) is -0.172. The lowest BCUT2D eigenvalue weighted by atomic mass is 10.4. The Morgan fingerprint density at radius 1 is 1.40 bits per heavy atom. The van der Waals surface area contributed by atoms with E-state index in [0.717, 1.165) is 19.5 Å². The molecule has 1 fully saturated rings. The maximum atomic E-state index is 9.85. The molecular formula is C7H14N2O. The quantitative estimate of drug-likeness (QED) is 0.436. The van der Waals surface area contributed by atoms with Gasteiger partial charge in [0.25, 0.3) is 0 Å². The van der Waals surface area contributed by atoms with E-state index >= 15 is 0 Å². The molecule has 1 heterocycles. The van der Waals surface area contributed by atoms with Gasteiger partial charge in [-0.25, -0.2) is 0 Å². The minimum atomic E-state index is 0.760. The Morgan fingerprint density at radius 3 is 2.70 bits per heavy atom. The third kappa shape index (κ3) is 2.35. The molecule has 0 aliphatic carbocycles. The van der Waals surface area contributed by atoms with E-state index in [1.165, 1.54) is 25.9 Å². The topological polar surface area (TPSA) is 32.3 Å². The molecule has 1 rings (SSSR count). The SMILES string of the molecule is O=CNCCN1CCCC1. The van der Waals surface area contributed by atoms with Crippen molar-refractivity contribution in [3.8, 4) is 0 Å². The molecule has 0 radical (unpaired) electrons. The third-order valence-electron chi connectivity index (χ3n) is 1.85. The Morgan fingerprint density at radius 2 is 2.10 bits per heavy atom. The number of rotatable bonds is 4. The minimum Gasteiger partial charge on any atom is -0.357 e. The molecule has 1 saturated heterocycles. The van der Waals surface area contributed by atoms with E-state index in [0.29, 0.717) is 0 Å². The van der Waals surface area contributed by atoms with E-state index < -0.39 is 0 Å². The van der Waals surface area contributed by atoms with Crippen molar-refractivity contribution in [2.75, 3.05) is 26.2 Å². The second-order valence-electron chi connectivity index (χ2n) is 2.62. The maximum Gasteiger partial charge on any atom is 0.207 e. The summed E-state index contributed by atoms with van der Waals surface area (Å²) in [6.07, 6.45) is 3.40. The number of amides is 1. The van der Waals surface area contributed by atoms with Gasteiger partial charge in [0.2, 0.25) is 6.41 Å². The van der Waals surface area contributed by atoms with Gasteiger partial charge in [0.15, 0.2) is 0 Å². The zero-order valence-corrected chi connectivity index (χ0v) is 6.18. The average Bonchev–Trinajstić information content (AvgIpc) is 2.41. The molecule has 3 heteroatoms. The first kappa shape index (κ1) is 7.54. The molecule has 1 aliphatic rings. The first-order valence-corrected chi connectivity index (χ1v) is 3.83. The van der Waals surface area contributed by atoms with E-state index in [9.17, 15) is 4.79 Å². The number of hydrogen-bond acceptors (Lipinski definition) is 2. The summed E-state index contributed by atoms with van der Waals surface area (Å²) < 4.78 is 0. The molecule has 1 aliphatic heterocycles. The second-order valence-corrected chi connectivity index (χ2v) is 2.62. The lowest BCUT2D eigenvalue weighted by molar-refractivity contribution is -0.109. The van der Waals surface area contributed by atoms with Crippen LogP contribution < -0.4 is 5.32 Å². The first-order chi connectivity index (χ1) is 4.93. The Bertz CT molecular complexity index is 99.8. The highest BCUT2D eigenvalue weighted by Gasteiger charge is 2.09. The molecule has 58 valence electrons. The highest BCUT2D eigenvalue weighted by molar-refractivity contribution is 5.45. The van der Waals surface area contributed by atoms with E-state index in [2.05, 4.69) is 10.2 Å². The van der Waals surface area contributed by atoms with Crippen molar-refractivity contribution in [1.82, 2.24) is 10.2 Å². The lowest BCUT2D eigenvalue weighted by Gasteiger charge is -2.12. The van der Waals surface area contributed by atoms with Gasteiger partial charge in [0, 0.05) is 13.1 Å². The molecule has 0 saturated carbocycles. The number of carbonyl (C=O) groups is 1. The lowest BCUT2D eigenvalue weighted by Crippen LogP contribution is -2.29. The Kier molecular flexibility index (Phi) is 3.22. The number of carbonyl (C=O) groups excluding carboxylic acids is 1. The molecule has 10 heavy (non-hydrogen) atoms. The van der Waals surface area contributed by atoms with Crippen LogP contribution in [0, 0.1) is 0 Å². The summed E-state index contributed by atoms with van der Waals surface area (Å²) in [7, 11) is 0. The molecule has 0 aromatic heterocycles. The standard InChI is InChI=1S/C7H14N2O/c10-7-8-3-6-9-4-1-2-5-9/h7H,1-6H2,(H,8,10).